The van der Waals surface area contributed by atoms with Gasteiger partial charge < -0.3 is 19.9 Å². The van der Waals surface area contributed by atoms with E-state index in [1.807, 2.05) is 24.3 Å². The van der Waals surface area contributed by atoms with E-state index in [1.54, 1.807) is 27.9 Å². The lowest BCUT2D eigenvalue weighted by atomic mass is 10.0. The van der Waals surface area contributed by atoms with Gasteiger partial charge in [-0.25, -0.2) is 4.79 Å². The zero-order valence-corrected chi connectivity index (χ0v) is 14.8. The number of hydrogen-bond donors (Lipinski definition) is 2. The van der Waals surface area contributed by atoms with E-state index in [-0.39, 0.29) is 12.5 Å². The standard InChI is InChI=1S/C17H23N3O5/c1-17(2,3)24-15(21)18-12(10-14-19-16(22)25-20-14)9-11-5-7-13(23-4)8-6-11/h5-8,12H,9-10H2,1-4H3,(H,18,21)(H,19,20,22). The molecule has 1 atom stereocenters. The Morgan fingerprint density at radius 3 is 2.48 bits per heavy atom. The minimum atomic E-state index is -0.598. The number of benzene rings is 1. The average molecular weight is 349 g/mol. The summed E-state index contributed by atoms with van der Waals surface area (Å²) in [5, 5.41) is 15.7. The summed E-state index contributed by atoms with van der Waals surface area (Å²) >= 11 is 0. The Balaban J connectivity index is 2.08. The van der Waals surface area contributed by atoms with Crippen molar-refractivity contribution >= 4 is 6.09 Å². The van der Waals surface area contributed by atoms with Gasteiger partial charge in [0.15, 0.2) is 5.82 Å². The summed E-state index contributed by atoms with van der Waals surface area (Å²) in [5.41, 5.74) is 0.397. The third kappa shape index (κ3) is 6.33. The van der Waals surface area contributed by atoms with E-state index in [0.717, 1.165) is 11.3 Å². The summed E-state index contributed by atoms with van der Waals surface area (Å²) in [6.45, 7) is 5.38. The SMILES string of the molecule is COc1ccc(CC(Cc2noc(O)n2)NC(=O)OC(C)(C)C)cc1. The van der Waals surface area contributed by atoms with E-state index in [1.165, 1.54) is 0 Å². The van der Waals surface area contributed by atoms with E-state index in [0.29, 0.717) is 12.2 Å². The molecule has 0 radical (unpaired) electrons. The molecule has 25 heavy (non-hydrogen) atoms. The number of carbonyl (C=O) groups excluding carboxylic acids is 1. The number of aromatic hydroxyl groups is 1. The van der Waals surface area contributed by atoms with Crippen LogP contribution < -0.4 is 10.1 Å². The van der Waals surface area contributed by atoms with Crippen molar-refractivity contribution < 1.29 is 23.9 Å². The van der Waals surface area contributed by atoms with Gasteiger partial charge in [-0.15, -0.1) is 0 Å². The number of nitrogens with zero attached hydrogens (tertiary/aromatic N) is 2. The summed E-state index contributed by atoms with van der Waals surface area (Å²) in [7, 11) is 1.60. The van der Waals surface area contributed by atoms with E-state index < -0.39 is 17.8 Å². The number of carbonyl (C=O) groups is 1. The number of aromatic nitrogens is 2. The van der Waals surface area contributed by atoms with Gasteiger partial charge in [-0.05, 0) is 44.9 Å². The molecule has 1 aromatic carbocycles. The fraction of sp³-hybridized carbons (Fsp3) is 0.471. The smallest absolute Gasteiger partial charge is 0.414 e. The minimum absolute atomic E-state index is 0.287. The van der Waals surface area contributed by atoms with Gasteiger partial charge in [-0.3, -0.25) is 4.52 Å². The van der Waals surface area contributed by atoms with Gasteiger partial charge in [0.2, 0.25) is 0 Å². The monoisotopic (exact) mass is 349 g/mol. The molecule has 0 saturated heterocycles. The molecule has 0 saturated carbocycles. The lowest BCUT2D eigenvalue weighted by molar-refractivity contribution is 0.0503. The van der Waals surface area contributed by atoms with Gasteiger partial charge in [-0.2, -0.15) is 4.98 Å². The molecule has 1 heterocycles. The van der Waals surface area contributed by atoms with Crippen molar-refractivity contribution in [3.8, 4) is 11.8 Å². The first-order valence-electron chi connectivity index (χ1n) is 7.89. The van der Waals surface area contributed by atoms with Crippen molar-refractivity contribution in [3.05, 3.63) is 35.7 Å². The Morgan fingerprint density at radius 1 is 1.28 bits per heavy atom. The van der Waals surface area contributed by atoms with Gasteiger partial charge in [0, 0.05) is 12.5 Å². The van der Waals surface area contributed by atoms with Crippen molar-refractivity contribution in [1.82, 2.24) is 15.5 Å². The molecule has 136 valence electrons. The van der Waals surface area contributed by atoms with Crippen molar-refractivity contribution in [3.63, 3.8) is 0 Å². The minimum Gasteiger partial charge on any atom is -0.497 e. The predicted octanol–water partition coefficient (Wildman–Crippen LogP) is 2.46. The van der Waals surface area contributed by atoms with Crippen molar-refractivity contribution in [2.75, 3.05) is 7.11 Å². The number of hydrogen-bond acceptors (Lipinski definition) is 7. The van der Waals surface area contributed by atoms with Crippen LogP contribution in [0.4, 0.5) is 4.79 Å². The second-order valence-electron chi connectivity index (χ2n) is 6.59. The molecule has 8 heteroatoms. The Morgan fingerprint density at radius 2 is 1.96 bits per heavy atom. The van der Waals surface area contributed by atoms with Crippen molar-refractivity contribution in [1.29, 1.82) is 0 Å². The van der Waals surface area contributed by atoms with Crippen LogP contribution in [0.25, 0.3) is 0 Å². The molecule has 0 aliphatic carbocycles. The van der Waals surface area contributed by atoms with Crippen molar-refractivity contribution in [2.45, 2.75) is 45.3 Å². The average Bonchev–Trinajstić information content (AvgIpc) is 2.91. The Hall–Kier alpha value is -2.77. The number of rotatable bonds is 6. The predicted molar refractivity (Wildman–Crippen MR) is 89.5 cm³/mol. The second-order valence-corrected chi connectivity index (χ2v) is 6.59. The van der Waals surface area contributed by atoms with Crippen LogP contribution in [-0.4, -0.2) is 40.1 Å². The fourth-order valence-electron chi connectivity index (χ4n) is 2.24. The zero-order valence-electron chi connectivity index (χ0n) is 14.8. The van der Waals surface area contributed by atoms with Crippen LogP contribution >= 0.6 is 0 Å². The van der Waals surface area contributed by atoms with Crippen LogP contribution in [0.1, 0.15) is 32.2 Å². The van der Waals surface area contributed by atoms with Crippen LogP contribution in [0, 0.1) is 0 Å². The molecule has 1 aromatic heterocycles. The van der Waals surface area contributed by atoms with E-state index in [9.17, 15) is 9.90 Å². The number of ether oxygens (including phenoxy) is 2. The topological polar surface area (TPSA) is 107 Å². The molecule has 2 aromatic rings. The molecule has 1 unspecified atom stereocenters. The summed E-state index contributed by atoms with van der Waals surface area (Å²) < 4.78 is 15.0. The molecular formula is C17H23N3O5. The third-order valence-electron chi connectivity index (χ3n) is 3.25. The zero-order chi connectivity index (χ0) is 18.4. The molecule has 0 spiro atoms. The lowest BCUT2D eigenvalue weighted by Gasteiger charge is -2.23. The highest BCUT2D eigenvalue weighted by Gasteiger charge is 2.21. The molecule has 2 rings (SSSR count). The Labute approximate surface area is 146 Å². The van der Waals surface area contributed by atoms with Crippen LogP contribution in [0.5, 0.6) is 11.8 Å². The van der Waals surface area contributed by atoms with Crippen LogP contribution in [0.3, 0.4) is 0 Å². The molecule has 0 aliphatic heterocycles. The molecule has 0 bridgehead atoms. The van der Waals surface area contributed by atoms with Gasteiger partial charge in [-0.1, -0.05) is 17.3 Å². The Kier molecular flexibility index (Phi) is 5.84. The van der Waals surface area contributed by atoms with Crippen LogP contribution in [-0.2, 0) is 17.6 Å². The second kappa shape index (κ2) is 7.87. The molecular weight excluding hydrogens is 326 g/mol. The van der Waals surface area contributed by atoms with Gasteiger partial charge in [0.25, 0.3) is 0 Å². The molecule has 0 aliphatic rings. The highest BCUT2D eigenvalue weighted by atomic mass is 16.6. The Bertz CT molecular complexity index is 691. The maximum atomic E-state index is 12.1. The maximum absolute atomic E-state index is 12.1. The maximum Gasteiger partial charge on any atom is 0.414 e. The van der Waals surface area contributed by atoms with Crippen LogP contribution in [0.15, 0.2) is 28.8 Å². The molecule has 0 fully saturated rings. The highest BCUT2D eigenvalue weighted by Crippen LogP contribution is 2.15. The lowest BCUT2D eigenvalue weighted by Crippen LogP contribution is -2.41. The number of methoxy groups -OCH3 is 1. The van der Waals surface area contributed by atoms with E-state index in [4.69, 9.17) is 9.47 Å². The molecule has 1 amide bonds. The summed E-state index contributed by atoms with van der Waals surface area (Å²) in [5.74, 6) is 1.05. The fourth-order valence-corrected chi connectivity index (χ4v) is 2.24. The third-order valence-corrected chi connectivity index (χ3v) is 3.25. The highest BCUT2D eigenvalue weighted by molar-refractivity contribution is 5.68. The first-order valence-corrected chi connectivity index (χ1v) is 7.89. The molecule has 2 N–H and O–H groups in total. The van der Waals surface area contributed by atoms with E-state index in [2.05, 4.69) is 20.0 Å². The summed E-state index contributed by atoms with van der Waals surface area (Å²) in [4.78, 5) is 15.9. The summed E-state index contributed by atoms with van der Waals surface area (Å²) in [6.07, 6.45) is -0.220. The number of amides is 1. The van der Waals surface area contributed by atoms with Crippen LogP contribution in [0.2, 0.25) is 0 Å². The largest absolute Gasteiger partial charge is 0.497 e. The van der Waals surface area contributed by atoms with E-state index >= 15 is 0 Å². The first kappa shape index (κ1) is 18.6. The van der Waals surface area contributed by atoms with Gasteiger partial charge in [0.05, 0.1) is 7.11 Å². The first-order chi connectivity index (χ1) is 11.7. The number of alkyl carbamates (subject to hydrolysis) is 1. The molecule has 8 nitrogen and oxygen atoms in total. The van der Waals surface area contributed by atoms with Crippen molar-refractivity contribution in [2.24, 2.45) is 0 Å². The van der Waals surface area contributed by atoms with Gasteiger partial charge in [0.1, 0.15) is 11.4 Å². The number of nitrogens with one attached hydrogen (secondary N) is 1. The quantitative estimate of drug-likeness (QED) is 0.825. The van der Waals surface area contributed by atoms with Gasteiger partial charge >= 0.3 is 12.2 Å². The normalized spacial score (nSPS) is 12.5. The summed E-state index contributed by atoms with van der Waals surface area (Å²) in [6, 6.07) is 7.19.